The zero-order chi connectivity index (χ0) is 19.2. The van der Waals surface area contributed by atoms with Crippen molar-refractivity contribution in [3.63, 3.8) is 0 Å². The molecule has 1 amide bonds. The topological polar surface area (TPSA) is 72.7 Å². The first-order valence-corrected chi connectivity index (χ1v) is 9.84. The first-order valence-electron chi connectivity index (χ1n) is 8.86. The molecule has 3 rings (SSSR count). The number of hydrogen-bond donors (Lipinski definition) is 1. The van der Waals surface area contributed by atoms with Crippen LogP contribution in [0, 0.1) is 12.8 Å². The Morgan fingerprint density at radius 1 is 1.22 bits per heavy atom. The summed E-state index contributed by atoms with van der Waals surface area (Å²) in [5.74, 6) is 1.44. The van der Waals surface area contributed by atoms with Gasteiger partial charge in [0, 0.05) is 18.3 Å². The van der Waals surface area contributed by atoms with E-state index in [4.69, 9.17) is 0 Å². The van der Waals surface area contributed by atoms with Gasteiger partial charge in [0.1, 0.15) is 0 Å². The highest BCUT2D eigenvalue weighted by Gasteiger charge is 2.16. The number of hydrogen-bond acceptors (Lipinski definition) is 5. The van der Waals surface area contributed by atoms with E-state index < -0.39 is 0 Å². The zero-order valence-electron chi connectivity index (χ0n) is 15.7. The Morgan fingerprint density at radius 3 is 2.78 bits per heavy atom. The summed E-state index contributed by atoms with van der Waals surface area (Å²) in [5.41, 5.74) is 2.90. The van der Waals surface area contributed by atoms with Crippen LogP contribution < -0.4 is 5.32 Å². The fourth-order valence-electron chi connectivity index (χ4n) is 2.69. The van der Waals surface area contributed by atoms with Crippen molar-refractivity contribution in [2.75, 3.05) is 11.1 Å². The van der Waals surface area contributed by atoms with E-state index in [9.17, 15) is 4.79 Å². The molecule has 140 valence electrons. The number of anilines is 1. The summed E-state index contributed by atoms with van der Waals surface area (Å²) in [4.78, 5) is 16.2. The van der Waals surface area contributed by atoms with Crippen molar-refractivity contribution in [2.45, 2.75) is 32.5 Å². The summed E-state index contributed by atoms with van der Waals surface area (Å²) in [6.45, 7) is 7.17. The number of aromatic nitrogens is 4. The van der Waals surface area contributed by atoms with Crippen LogP contribution in [0.2, 0.25) is 0 Å². The number of nitrogens with one attached hydrogen (secondary N) is 1. The molecule has 0 saturated carbocycles. The van der Waals surface area contributed by atoms with E-state index in [1.807, 2.05) is 18.2 Å². The predicted octanol–water partition coefficient (Wildman–Crippen LogP) is 4.04. The largest absolute Gasteiger partial charge is 0.324 e. The van der Waals surface area contributed by atoms with E-state index in [0.29, 0.717) is 11.6 Å². The Bertz CT molecular complexity index is 908. The number of rotatable bonds is 7. The monoisotopic (exact) mass is 381 g/mol. The second-order valence-corrected chi connectivity index (χ2v) is 7.70. The molecule has 2 aromatic heterocycles. The van der Waals surface area contributed by atoms with Crippen LogP contribution in [-0.4, -0.2) is 31.4 Å². The average molecular weight is 382 g/mol. The molecule has 0 fully saturated rings. The summed E-state index contributed by atoms with van der Waals surface area (Å²) in [6.07, 6.45) is 3.30. The highest BCUT2D eigenvalue weighted by molar-refractivity contribution is 7.99. The molecule has 0 spiro atoms. The number of benzene rings is 1. The lowest BCUT2D eigenvalue weighted by molar-refractivity contribution is -0.113. The van der Waals surface area contributed by atoms with Gasteiger partial charge in [0.15, 0.2) is 11.0 Å². The van der Waals surface area contributed by atoms with Crippen LogP contribution >= 0.6 is 11.8 Å². The fourth-order valence-corrected chi connectivity index (χ4v) is 3.43. The van der Waals surface area contributed by atoms with Gasteiger partial charge in [-0.2, -0.15) is 0 Å². The van der Waals surface area contributed by atoms with Crippen LogP contribution in [0.5, 0.6) is 0 Å². The molecular formula is C20H23N5OS. The molecule has 0 aliphatic rings. The second kappa shape index (κ2) is 8.81. The highest BCUT2D eigenvalue weighted by atomic mass is 32.2. The molecule has 3 aromatic rings. The molecule has 0 bridgehead atoms. The van der Waals surface area contributed by atoms with Crippen molar-refractivity contribution < 1.29 is 4.79 Å². The Kier molecular flexibility index (Phi) is 6.24. The van der Waals surface area contributed by atoms with E-state index in [2.05, 4.69) is 58.0 Å². The van der Waals surface area contributed by atoms with E-state index in [0.717, 1.165) is 23.1 Å². The maximum atomic E-state index is 12.2. The minimum absolute atomic E-state index is 0.0933. The standard InChI is InChI=1S/C20H23N5OS/c1-14(2)12-25-19(16-7-4-6-15(3)10-16)23-24-20(25)27-13-18(26)22-17-8-5-9-21-11-17/h4-11,14H,12-13H2,1-3H3,(H,22,26). The van der Waals surface area contributed by atoms with Gasteiger partial charge in [0.05, 0.1) is 17.6 Å². The molecule has 0 aliphatic heterocycles. The van der Waals surface area contributed by atoms with Crippen molar-refractivity contribution in [3.8, 4) is 11.4 Å². The highest BCUT2D eigenvalue weighted by Crippen LogP contribution is 2.26. The number of nitrogens with zero attached hydrogens (tertiary/aromatic N) is 4. The number of aryl methyl sites for hydroxylation is 1. The van der Waals surface area contributed by atoms with Crippen LogP contribution in [0.25, 0.3) is 11.4 Å². The quantitative estimate of drug-likeness (QED) is 0.626. The Balaban J connectivity index is 1.76. The summed E-state index contributed by atoms with van der Waals surface area (Å²) < 4.78 is 2.10. The molecule has 1 aromatic carbocycles. The number of pyridine rings is 1. The first-order chi connectivity index (χ1) is 13.0. The first kappa shape index (κ1) is 19.1. The van der Waals surface area contributed by atoms with Crippen LogP contribution in [0.15, 0.2) is 53.9 Å². The summed E-state index contributed by atoms with van der Waals surface area (Å²) in [5, 5.41) is 12.3. The lowest BCUT2D eigenvalue weighted by Gasteiger charge is -2.13. The smallest absolute Gasteiger partial charge is 0.234 e. The third-order valence-electron chi connectivity index (χ3n) is 3.82. The molecule has 0 radical (unpaired) electrons. The predicted molar refractivity (Wildman–Crippen MR) is 109 cm³/mol. The number of carbonyl (C=O) groups excluding carboxylic acids is 1. The average Bonchev–Trinajstić information content (AvgIpc) is 3.03. The maximum Gasteiger partial charge on any atom is 0.234 e. The Hall–Kier alpha value is -2.67. The van der Waals surface area contributed by atoms with Crippen LogP contribution in [0.1, 0.15) is 19.4 Å². The Labute approximate surface area is 163 Å². The Morgan fingerprint density at radius 2 is 2.07 bits per heavy atom. The van der Waals surface area contributed by atoms with Crippen molar-refractivity contribution in [1.29, 1.82) is 0 Å². The lowest BCUT2D eigenvalue weighted by atomic mass is 10.1. The van der Waals surface area contributed by atoms with Gasteiger partial charge in [0.2, 0.25) is 5.91 Å². The molecule has 0 unspecified atom stereocenters. The summed E-state index contributed by atoms with van der Waals surface area (Å²) >= 11 is 1.39. The summed E-state index contributed by atoms with van der Waals surface area (Å²) in [7, 11) is 0. The molecule has 0 saturated heterocycles. The van der Waals surface area contributed by atoms with Gasteiger partial charge in [-0.25, -0.2) is 0 Å². The fraction of sp³-hybridized carbons (Fsp3) is 0.300. The summed E-state index contributed by atoms with van der Waals surface area (Å²) in [6, 6.07) is 11.8. The maximum absolute atomic E-state index is 12.2. The van der Waals surface area contributed by atoms with Crippen molar-refractivity contribution in [3.05, 3.63) is 54.4 Å². The van der Waals surface area contributed by atoms with Crippen molar-refractivity contribution in [2.24, 2.45) is 5.92 Å². The lowest BCUT2D eigenvalue weighted by Crippen LogP contribution is -2.15. The molecule has 1 N–H and O–H groups in total. The minimum atomic E-state index is -0.0933. The van der Waals surface area contributed by atoms with E-state index >= 15 is 0 Å². The van der Waals surface area contributed by atoms with Crippen molar-refractivity contribution in [1.82, 2.24) is 19.7 Å². The number of amides is 1. The molecular weight excluding hydrogens is 358 g/mol. The van der Waals surface area contributed by atoms with Gasteiger partial charge in [-0.1, -0.05) is 49.4 Å². The number of thioether (sulfide) groups is 1. The van der Waals surface area contributed by atoms with Gasteiger partial charge in [0.25, 0.3) is 0 Å². The molecule has 7 heteroatoms. The molecule has 2 heterocycles. The SMILES string of the molecule is Cc1cccc(-c2nnc(SCC(=O)Nc3cccnc3)n2CC(C)C)c1. The molecule has 0 atom stereocenters. The zero-order valence-corrected chi connectivity index (χ0v) is 16.5. The van der Waals surface area contributed by atoms with Crippen LogP contribution in [0.4, 0.5) is 5.69 Å². The van der Waals surface area contributed by atoms with Gasteiger partial charge < -0.3 is 9.88 Å². The van der Waals surface area contributed by atoms with Gasteiger partial charge >= 0.3 is 0 Å². The van der Waals surface area contributed by atoms with E-state index in [-0.39, 0.29) is 11.7 Å². The third kappa shape index (κ3) is 5.17. The minimum Gasteiger partial charge on any atom is -0.324 e. The van der Waals surface area contributed by atoms with Gasteiger partial charge in [-0.3, -0.25) is 9.78 Å². The molecule has 0 aliphatic carbocycles. The van der Waals surface area contributed by atoms with Crippen molar-refractivity contribution >= 4 is 23.4 Å². The molecule has 6 nitrogen and oxygen atoms in total. The van der Waals surface area contributed by atoms with E-state index in [1.165, 1.54) is 17.3 Å². The molecule has 27 heavy (non-hydrogen) atoms. The van der Waals surface area contributed by atoms with Gasteiger partial charge in [-0.15, -0.1) is 10.2 Å². The van der Waals surface area contributed by atoms with E-state index in [1.54, 1.807) is 18.5 Å². The van der Waals surface area contributed by atoms with Crippen LogP contribution in [0.3, 0.4) is 0 Å². The van der Waals surface area contributed by atoms with Crippen LogP contribution in [-0.2, 0) is 11.3 Å². The normalized spacial score (nSPS) is 11.0. The second-order valence-electron chi connectivity index (χ2n) is 6.76. The third-order valence-corrected chi connectivity index (χ3v) is 4.79. The van der Waals surface area contributed by atoms with Gasteiger partial charge in [-0.05, 0) is 31.0 Å². The number of carbonyl (C=O) groups is 1.